The van der Waals surface area contributed by atoms with Crippen molar-refractivity contribution < 1.29 is 0 Å². The highest BCUT2D eigenvalue weighted by Crippen LogP contribution is 2.12. The van der Waals surface area contributed by atoms with Gasteiger partial charge in [0, 0.05) is 29.9 Å². The van der Waals surface area contributed by atoms with Crippen LogP contribution in [0.15, 0.2) is 17.6 Å². The van der Waals surface area contributed by atoms with Crippen molar-refractivity contribution in [2.45, 2.75) is 39.8 Å². The maximum Gasteiger partial charge on any atom is 0.135 e. The predicted molar refractivity (Wildman–Crippen MR) is 73.7 cm³/mol. The molecule has 4 nitrogen and oxygen atoms in total. The molecule has 0 radical (unpaired) electrons. The molecule has 18 heavy (non-hydrogen) atoms. The molecule has 0 saturated heterocycles. The first-order chi connectivity index (χ1) is 8.63. The molecule has 2 aromatic heterocycles. The van der Waals surface area contributed by atoms with E-state index >= 15 is 0 Å². The van der Waals surface area contributed by atoms with Crippen molar-refractivity contribution in [1.29, 1.82) is 0 Å². The van der Waals surface area contributed by atoms with Crippen molar-refractivity contribution in [1.82, 2.24) is 20.3 Å². The summed E-state index contributed by atoms with van der Waals surface area (Å²) in [7, 11) is 0. The fourth-order valence-corrected chi connectivity index (χ4v) is 2.32. The van der Waals surface area contributed by atoms with E-state index in [0.29, 0.717) is 12.5 Å². The summed E-state index contributed by atoms with van der Waals surface area (Å²) < 4.78 is 0. The Morgan fingerprint density at radius 1 is 1.33 bits per heavy atom. The van der Waals surface area contributed by atoms with Gasteiger partial charge in [-0.15, -0.1) is 11.3 Å². The van der Waals surface area contributed by atoms with Gasteiger partial charge in [-0.1, -0.05) is 13.8 Å². The third-order valence-electron chi connectivity index (χ3n) is 2.43. The van der Waals surface area contributed by atoms with Gasteiger partial charge in [0.15, 0.2) is 0 Å². The molecule has 0 aliphatic heterocycles. The summed E-state index contributed by atoms with van der Waals surface area (Å²) in [6, 6.07) is 2.41. The van der Waals surface area contributed by atoms with Crippen LogP contribution in [0.2, 0.25) is 0 Å². The molecule has 5 heteroatoms. The van der Waals surface area contributed by atoms with E-state index in [4.69, 9.17) is 0 Å². The Bertz CT molecular complexity index is 507. The monoisotopic (exact) mass is 262 g/mol. The van der Waals surface area contributed by atoms with E-state index in [2.05, 4.69) is 39.5 Å². The lowest BCUT2D eigenvalue weighted by Gasteiger charge is -2.07. The first-order valence-corrected chi connectivity index (χ1v) is 6.96. The number of hydrogen-bond acceptors (Lipinski definition) is 5. The highest BCUT2D eigenvalue weighted by molar-refractivity contribution is 7.09. The second-order valence-electron chi connectivity index (χ2n) is 4.56. The minimum absolute atomic E-state index is 0.463. The molecular weight excluding hydrogens is 244 g/mol. The van der Waals surface area contributed by atoms with Crippen LogP contribution in [0.25, 0.3) is 0 Å². The van der Waals surface area contributed by atoms with E-state index in [0.717, 1.165) is 28.8 Å². The third-order valence-corrected chi connectivity index (χ3v) is 3.40. The highest BCUT2D eigenvalue weighted by atomic mass is 32.1. The van der Waals surface area contributed by atoms with Gasteiger partial charge in [0.25, 0.3) is 0 Å². The van der Waals surface area contributed by atoms with E-state index in [9.17, 15) is 0 Å². The number of hydrogen-bond donors (Lipinski definition) is 1. The molecule has 0 atom stereocenters. The van der Waals surface area contributed by atoms with Gasteiger partial charge in [0.2, 0.25) is 0 Å². The SMILES string of the molecule is Cc1csc(Cc2nccc(CNC(C)C)n2)n1. The fourth-order valence-electron chi connectivity index (χ4n) is 1.55. The smallest absolute Gasteiger partial charge is 0.135 e. The Balaban J connectivity index is 2.02. The summed E-state index contributed by atoms with van der Waals surface area (Å²) in [5, 5.41) is 6.48. The quantitative estimate of drug-likeness (QED) is 0.898. The number of nitrogens with zero attached hydrogens (tertiary/aromatic N) is 3. The lowest BCUT2D eigenvalue weighted by atomic mass is 10.3. The first-order valence-electron chi connectivity index (χ1n) is 6.08. The molecule has 2 aromatic rings. The summed E-state index contributed by atoms with van der Waals surface area (Å²) in [6.45, 7) is 7.04. The maximum atomic E-state index is 4.54. The van der Waals surface area contributed by atoms with Gasteiger partial charge in [0.1, 0.15) is 10.8 Å². The molecule has 2 rings (SSSR count). The van der Waals surface area contributed by atoms with Crippen LogP contribution in [0.5, 0.6) is 0 Å². The van der Waals surface area contributed by atoms with Crippen molar-refractivity contribution in [3.05, 3.63) is 39.9 Å². The minimum Gasteiger partial charge on any atom is -0.309 e. The zero-order valence-corrected chi connectivity index (χ0v) is 11.8. The third kappa shape index (κ3) is 3.85. The number of aryl methyl sites for hydroxylation is 1. The zero-order chi connectivity index (χ0) is 13.0. The van der Waals surface area contributed by atoms with Crippen molar-refractivity contribution in [3.63, 3.8) is 0 Å². The number of thiazole rings is 1. The Kier molecular flexibility index (Phi) is 4.38. The standard InChI is InChI=1S/C13H18N4S/c1-9(2)15-7-11-4-5-14-12(17-11)6-13-16-10(3)8-18-13/h4-5,8-9,15H,6-7H2,1-3H3. The Morgan fingerprint density at radius 2 is 2.17 bits per heavy atom. The molecule has 0 unspecified atom stereocenters. The normalized spacial score (nSPS) is 11.1. The van der Waals surface area contributed by atoms with E-state index in [1.807, 2.05) is 19.2 Å². The van der Waals surface area contributed by atoms with E-state index in [1.165, 1.54) is 0 Å². The largest absolute Gasteiger partial charge is 0.309 e. The van der Waals surface area contributed by atoms with Gasteiger partial charge in [-0.25, -0.2) is 15.0 Å². The van der Waals surface area contributed by atoms with Crippen molar-refractivity contribution in [2.24, 2.45) is 0 Å². The minimum atomic E-state index is 0.463. The summed E-state index contributed by atoms with van der Waals surface area (Å²) >= 11 is 1.66. The molecule has 0 aliphatic carbocycles. The molecule has 0 saturated carbocycles. The molecule has 0 aromatic carbocycles. The second kappa shape index (κ2) is 6.02. The van der Waals surface area contributed by atoms with Gasteiger partial charge >= 0.3 is 0 Å². The maximum absolute atomic E-state index is 4.54. The van der Waals surface area contributed by atoms with Gasteiger partial charge in [-0.05, 0) is 13.0 Å². The highest BCUT2D eigenvalue weighted by Gasteiger charge is 2.05. The second-order valence-corrected chi connectivity index (χ2v) is 5.50. The fraction of sp³-hybridized carbons (Fsp3) is 0.462. The van der Waals surface area contributed by atoms with Gasteiger partial charge in [-0.3, -0.25) is 0 Å². The number of aromatic nitrogens is 3. The molecule has 0 spiro atoms. The first kappa shape index (κ1) is 13.1. The molecule has 96 valence electrons. The van der Waals surface area contributed by atoms with Crippen LogP contribution in [0, 0.1) is 6.92 Å². The van der Waals surface area contributed by atoms with Crippen LogP contribution < -0.4 is 5.32 Å². The van der Waals surface area contributed by atoms with Crippen molar-refractivity contribution in [2.75, 3.05) is 0 Å². The molecule has 0 fully saturated rings. The van der Waals surface area contributed by atoms with E-state index in [1.54, 1.807) is 11.3 Å². The van der Waals surface area contributed by atoms with Crippen LogP contribution in [0.3, 0.4) is 0 Å². The predicted octanol–water partition coefficient (Wildman–Crippen LogP) is 2.33. The van der Waals surface area contributed by atoms with Crippen LogP contribution in [0.4, 0.5) is 0 Å². The topological polar surface area (TPSA) is 50.7 Å². The van der Waals surface area contributed by atoms with E-state index in [-0.39, 0.29) is 0 Å². The summed E-state index contributed by atoms with van der Waals surface area (Å²) in [4.78, 5) is 13.3. The summed E-state index contributed by atoms with van der Waals surface area (Å²) in [5.74, 6) is 0.840. The van der Waals surface area contributed by atoms with Crippen LogP contribution >= 0.6 is 11.3 Å². The molecule has 0 bridgehead atoms. The molecule has 0 amide bonds. The number of rotatable bonds is 5. The van der Waals surface area contributed by atoms with Crippen LogP contribution in [0.1, 0.15) is 36.1 Å². The lowest BCUT2D eigenvalue weighted by molar-refractivity contribution is 0.579. The molecule has 0 aliphatic rings. The lowest BCUT2D eigenvalue weighted by Crippen LogP contribution is -2.22. The molecule has 1 N–H and O–H groups in total. The number of nitrogens with one attached hydrogen (secondary N) is 1. The Labute approximate surface area is 112 Å². The van der Waals surface area contributed by atoms with Gasteiger partial charge < -0.3 is 5.32 Å². The van der Waals surface area contributed by atoms with Gasteiger partial charge in [-0.2, -0.15) is 0 Å². The van der Waals surface area contributed by atoms with Crippen LogP contribution in [-0.4, -0.2) is 21.0 Å². The van der Waals surface area contributed by atoms with E-state index < -0.39 is 0 Å². The molecule has 2 heterocycles. The van der Waals surface area contributed by atoms with Crippen molar-refractivity contribution >= 4 is 11.3 Å². The van der Waals surface area contributed by atoms with Gasteiger partial charge in [0.05, 0.1) is 12.1 Å². The Morgan fingerprint density at radius 3 is 2.83 bits per heavy atom. The zero-order valence-electron chi connectivity index (χ0n) is 11.0. The Hall–Kier alpha value is -1.33. The summed E-state index contributed by atoms with van der Waals surface area (Å²) in [6.07, 6.45) is 2.54. The van der Waals surface area contributed by atoms with Crippen molar-refractivity contribution in [3.8, 4) is 0 Å². The average molecular weight is 262 g/mol. The molecular formula is C13H18N4S. The average Bonchev–Trinajstić information content (AvgIpc) is 2.73. The summed E-state index contributed by atoms with van der Waals surface area (Å²) in [5.41, 5.74) is 2.09. The van der Waals surface area contributed by atoms with Crippen LogP contribution in [-0.2, 0) is 13.0 Å².